The molecule has 1 fully saturated rings. The summed E-state index contributed by atoms with van der Waals surface area (Å²) in [6, 6.07) is 9.66. The maximum atomic E-state index is 13.1. The van der Waals surface area contributed by atoms with Gasteiger partial charge in [-0.25, -0.2) is 4.99 Å². The van der Waals surface area contributed by atoms with Gasteiger partial charge in [0.1, 0.15) is 0 Å². The molecular weight excluding hydrogens is 400 g/mol. The van der Waals surface area contributed by atoms with E-state index < -0.39 is 5.25 Å². The standard InChI is InChI=1S/C22H24N4O3S/c1-12-23-19-17(21(28)25-26(19)14-8-9-29-22(2,3)11-14)18(30-12)15-10-13-6-4-5-7-16(13)24-20(15)27/h4-7,10,14,18H,8-9,11H2,1-3H3,(H,24,27)(H,25,28)/t14-,18-/m0/s1. The summed E-state index contributed by atoms with van der Waals surface area (Å²) < 4.78 is 7.74. The van der Waals surface area contributed by atoms with Crippen LogP contribution in [0.5, 0.6) is 0 Å². The number of aromatic amines is 2. The largest absolute Gasteiger partial charge is 0.375 e. The number of rotatable bonds is 2. The Bertz CT molecular complexity index is 1280. The Morgan fingerprint density at radius 1 is 1.23 bits per heavy atom. The fraction of sp³-hybridized carbons (Fsp3) is 0.409. The Morgan fingerprint density at radius 2 is 2.03 bits per heavy atom. The average molecular weight is 425 g/mol. The summed E-state index contributed by atoms with van der Waals surface area (Å²) in [5.41, 5.74) is 1.30. The van der Waals surface area contributed by atoms with Crippen molar-refractivity contribution in [2.75, 3.05) is 6.61 Å². The molecule has 0 saturated carbocycles. The van der Waals surface area contributed by atoms with Crippen LogP contribution in [0.4, 0.5) is 5.82 Å². The van der Waals surface area contributed by atoms with Crippen LogP contribution >= 0.6 is 11.8 Å². The molecule has 2 aliphatic heterocycles. The number of aromatic nitrogens is 3. The summed E-state index contributed by atoms with van der Waals surface area (Å²) in [6.45, 7) is 6.69. The second-order valence-corrected chi connectivity index (χ2v) is 9.87. The van der Waals surface area contributed by atoms with E-state index in [1.54, 1.807) is 0 Å². The van der Waals surface area contributed by atoms with Crippen molar-refractivity contribution in [1.82, 2.24) is 14.8 Å². The molecule has 7 nitrogen and oxygen atoms in total. The normalized spacial score (nSPS) is 23.2. The highest BCUT2D eigenvalue weighted by Crippen LogP contribution is 2.45. The van der Waals surface area contributed by atoms with Gasteiger partial charge in [-0.15, -0.1) is 0 Å². The molecule has 0 amide bonds. The van der Waals surface area contributed by atoms with Gasteiger partial charge in [-0.2, -0.15) is 0 Å². The smallest absolute Gasteiger partial charge is 0.271 e. The van der Waals surface area contributed by atoms with Crippen molar-refractivity contribution >= 4 is 33.5 Å². The number of fused-ring (bicyclic) bond motifs is 2. The van der Waals surface area contributed by atoms with E-state index in [1.807, 2.05) is 41.9 Å². The molecule has 156 valence electrons. The Kier molecular flexibility index (Phi) is 4.52. The topological polar surface area (TPSA) is 92.2 Å². The zero-order valence-electron chi connectivity index (χ0n) is 17.2. The summed E-state index contributed by atoms with van der Waals surface area (Å²) in [6.07, 6.45) is 1.59. The second-order valence-electron chi connectivity index (χ2n) is 8.57. The highest BCUT2D eigenvalue weighted by Gasteiger charge is 2.36. The van der Waals surface area contributed by atoms with Crippen molar-refractivity contribution in [3.8, 4) is 0 Å². The van der Waals surface area contributed by atoms with Gasteiger partial charge in [0, 0.05) is 17.7 Å². The molecule has 0 radical (unpaired) electrons. The minimum Gasteiger partial charge on any atom is -0.375 e. The Morgan fingerprint density at radius 3 is 2.83 bits per heavy atom. The number of benzene rings is 1. The minimum atomic E-state index is -0.399. The first-order valence-corrected chi connectivity index (χ1v) is 11.0. The number of aliphatic imine (C=N–C) groups is 1. The summed E-state index contributed by atoms with van der Waals surface area (Å²) >= 11 is 1.45. The maximum Gasteiger partial charge on any atom is 0.271 e. The molecule has 1 saturated heterocycles. The van der Waals surface area contributed by atoms with Crippen molar-refractivity contribution in [3.05, 3.63) is 62.2 Å². The van der Waals surface area contributed by atoms with Gasteiger partial charge < -0.3 is 9.72 Å². The Labute approximate surface area is 177 Å². The number of H-pyrrole nitrogens is 2. The van der Waals surface area contributed by atoms with Gasteiger partial charge >= 0.3 is 0 Å². The third-order valence-electron chi connectivity index (χ3n) is 5.85. The zero-order chi connectivity index (χ0) is 21.0. The number of thioether (sulfide) groups is 1. The molecule has 3 aromatic rings. The molecule has 1 aromatic carbocycles. The predicted molar refractivity (Wildman–Crippen MR) is 120 cm³/mol. The van der Waals surface area contributed by atoms with E-state index in [0.29, 0.717) is 23.6 Å². The second kappa shape index (κ2) is 6.99. The maximum absolute atomic E-state index is 13.1. The summed E-state index contributed by atoms with van der Waals surface area (Å²) in [5, 5.41) is 4.39. The van der Waals surface area contributed by atoms with Crippen LogP contribution in [0.1, 0.15) is 56.0 Å². The lowest BCUT2D eigenvalue weighted by molar-refractivity contribution is -0.0705. The van der Waals surface area contributed by atoms with Gasteiger partial charge in [0.05, 0.1) is 27.5 Å². The van der Waals surface area contributed by atoms with Crippen molar-refractivity contribution in [2.45, 2.75) is 50.5 Å². The van der Waals surface area contributed by atoms with Crippen LogP contribution < -0.4 is 11.1 Å². The number of hydrogen-bond donors (Lipinski definition) is 2. The number of hydrogen-bond acceptors (Lipinski definition) is 5. The van der Waals surface area contributed by atoms with Crippen LogP contribution in [-0.2, 0) is 4.74 Å². The molecule has 0 spiro atoms. The van der Waals surface area contributed by atoms with Crippen LogP contribution in [0.3, 0.4) is 0 Å². The molecular formula is C22H24N4O3S. The van der Waals surface area contributed by atoms with Crippen molar-refractivity contribution in [2.24, 2.45) is 4.99 Å². The van der Waals surface area contributed by atoms with Crippen molar-refractivity contribution < 1.29 is 4.74 Å². The van der Waals surface area contributed by atoms with E-state index in [9.17, 15) is 9.59 Å². The molecule has 2 N–H and O–H groups in total. The molecule has 0 aliphatic carbocycles. The van der Waals surface area contributed by atoms with Gasteiger partial charge in [-0.05, 0) is 51.1 Å². The number of pyridine rings is 1. The van der Waals surface area contributed by atoms with E-state index >= 15 is 0 Å². The van der Waals surface area contributed by atoms with Crippen molar-refractivity contribution in [1.29, 1.82) is 0 Å². The molecule has 4 heterocycles. The fourth-order valence-electron chi connectivity index (χ4n) is 4.47. The van der Waals surface area contributed by atoms with Crippen LogP contribution in [-0.4, -0.2) is 32.0 Å². The minimum absolute atomic E-state index is 0.0976. The molecule has 5 rings (SSSR count). The van der Waals surface area contributed by atoms with Gasteiger partial charge in [0.25, 0.3) is 11.1 Å². The third-order valence-corrected chi connectivity index (χ3v) is 7.01. The number of nitrogens with zero attached hydrogens (tertiary/aromatic N) is 2. The highest BCUT2D eigenvalue weighted by atomic mass is 32.2. The lowest BCUT2D eigenvalue weighted by Gasteiger charge is -2.36. The van der Waals surface area contributed by atoms with Crippen LogP contribution in [0.2, 0.25) is 0 Å². The first kappa shape index (κ1) is 19.4. The molecule has 8 heteroatoms. The molecule has 0 unspecified atom stereocenters. The SMILES string of the molecule is CC1=Nc2c(c(=O)[nH]n2[C@H]2CCOC(C)(C)C2)[C@H](c2cc3ccccc3[nH]c2=O)S1. The van der Waals surface area contributed by atoms with Crippen LogP contribution in [0.25, 0.3) is 10.9 Å². The van der Waals surface area contributed by atoms with E-state index in [-0.39, 0.29) is 22.8 Å². The van der Waals surface area contributed by atoms with E-state index in [4.69, 9.17) is 9.73 Å². The average Bonchev–Trinajstić information content (AvgIpc) is 3.02. The summed E-state index contributed by atoms with van der Waals surface area (Å²) in [7, 11) is 0. The quantitative estimate of drug-likeness (QED) is 0.650. The predicted octanol–water partition coefficient (Wildman–Crippen LogP) is 4.03. The fourth-order valence-corrected chi connectivity index (χ4v) is 5.58. The zero-order valence-corrected chi connectivity index (χ0v) is 18.0. The van der Waals surface area contributed by atoms with Gasteiger partial charge in [0.15, 0.2) is 5.82 Å². The van der Waals surface area contributed by atoms with E-state index in [2.05, 4.69) is 23.9 Å². The lowest BCUT2D eigenvalue weighted by atomic mass is 9.94. The molecule has 2 atom stereocenters. The summed E-state index contributed by atoms with van der Waals surface area (Å²) in [5.74, 6) is 0.636. The van der Waals surface area contributed by atoms with Gasteiger partial charge in [-0.1, -0.05) is 30.0 Å². The first-order chi connectivity index (χ1) is 14.3. The molecule has 2 aromatic heterocycles. The van der Waals surface area contributed by atoms with E-state index in [0.717, 1.165) is 28.8 Å². The Hall–Kier alpha value is -2.58. The number of para-hydroxylation sites is 1. The molecule has 0 bridgehead atoms. The van der Waals surface area contributed by atoms with Gasteiger partial charge in [-0.3, -0.25) is 19.4 Å². The summed E-state index contributed by atoms with van der Waals surface area (Å²) in [4.78, 5) is 33.6. The highest BCUT2D eigenvalue weighted by molar-refractivity contribution is 8.14. The molecule has 30 heavy (non-hydrogen) atoms. The third kappa shape index (κ3) is 3.24. The van der Waals surface area contributed by atoms with Crippen molar-refractivity contribution in [3.63, 3.8) is 0 Å². The van der Waals surface area contributed by atoms with E-state index in [1.165, 1.54) is 11.8 Å². The van der Waals surface area contributed by atoms with Gasteiger partial charge in [0.2, 0.25) is 0 Å². The molecule has 2 aliphatic rings. The lowest BCUT2D eigenvalue weighted by Crippen LogP contribution is -2.35. The monoisotopic (exact) mass is 424 g/mol. The Balaban J connectivity index is 1.65. The van der Waals surface area contributed by atoms with Crippen LogP contribution in [0.15, 0.2) is 44.9 Å². The van der Waals surface area contributed by atoms with Crippen LogP contribution in [0, 0.1) is 0 Å². The first-order valence-electron chi connectivity index (χ1n) is 10.1. The number of nitrogens with one attached hydrogen (secondary N) is 2. The number of ether oxygens (including phenoxy) is 1.